The Morgan fingerprint density at radius 1 is 1.28 bits per heavy atom. The molecule has 0 saturated heterocycles. The van der Waals surface area contributed by atoms with E-state index in [1.165, 1.54) is 32.1 Å². The van der Waals surface area contributed by atoms with Crippen LogP contribution in [-0.2, 0) is 9.53 Å². The molecule has 1 aliphatic carbocycles. The molecule has 2 N–H and O–H groups in total. The van der Waals surface area contributed by atoms with Crippen LogP contribution in [0, 0.1) is 0 Å². The van der Waals surface area contributed by atoms with Crippen LogP contribution in [0.4, 0.5) is 0 Å². The third kappa shape index (κ3) is 7.67. The van der Waals surface area contributed by atoms with Crippen molar-refractivity contribution in [2.45, 2.75) is 70.4 Å². The second-order valence-corrected chi connectivity index (χ2v) is 5.17. The van der Waals surface area contributed by atoms with E-state index >= 15 is 0 Å². The summed E-state index contributed by atoms with van der Waals surface area (Å²) in [5.74, 6) is -0.801. The van der Waals surface area contributed by atoms with E-state index in [9.17, 15) is 4.79 Å². The van der Waals surface area contributed by atoms with Gasteiger partial charge in [-0.25, -0.2) is 0 Å². The summed E-state index contributed by atoms with van der Waals surface area (Å²) in [6.45, 7) is 3.19. The minimum Gasteiger partial charge on any atom is -0.480 e. The Kier molecular flexibility index (Phi) is 8.01. The molecule has 1 aliphatic rings. The van der Waals surface area contributed by atoms with Crippen LogP contribution in [-0.4, -0.2) is 36.4 Å². The first kappa shape index (κ1) is 15.4. The standard InChI is InChI=1S/C14H27NO3/c1-2-3-4-5-6-7-10-18-11-13(14(16)17)15-12-8-9-12/h12-13,15H,2-11H2,1H3,(H,16,17). The van der Waals surface area contributed by atoms with Gasteiger partial charge < -0.3 is 9.84 Å². The third-order valence-corrected chi connectivity index (χ3v) is 3.24. The zero-order chi connectivity index (χ0) is 13.2. The molecule has 1 saturated carbocycles. The van der Waals surface area contributed by atoms with Crippen LogP contribution >= 0.6 is 0 Å². The average molecular weight is 257 g/mol. The van der Waals surface area contributed by atoms with Gasteiger partial charge in [0.05, 0.1) is 6.61 Å². The lowest BCUT2D eigenvalue weighted by molar-refractivity contribution is -0.141. The van der Waals surface area contributed by atoms with E-state index in [1.54, 1.807) is 0 Å². The molecular formula is C14H27NO3. The maximum atomic E-state index is 11.0. The number of hydrogen-bond donors (Lipinski definition) is 2. The molecule has 0 spiro atoms. The first-order chi connectivity index (χ1) is 8.74. The van der Waals surface area contributed by atoms with Crippen LogP contribution < -0.4 is 5.32 Å². The zero-order valence-electron chi connectivity index (χ0n) is 11.5. The molecule has 106 valence electrons. The molecule has 1 unspecified atom stereocenters. The molecule has 4 heteroatoms. The fourth-order valence-electron chi connectivity index (χ4n) is 1.91. The molecule has 0 aromatic rings. The summed E-state index contributed by atoms with van der Waals surface area (Å²) < 4.78 is 5.45. The summed E-state index contributed by atoms with van der Waals surface area (Å²) >= 11 is 0. The Bertz CT molecular complexity index is 229. The predicted octanol–water partition coefficient (Wildman–Crippen LogP) is 2.57. The van der Waals surface area contributed by atoms with Crippen LogP contribution in [0.25, 0.3) is 0 Å². The number of unbranched alkanes of at least 4 members (excludes halogenated alkanes) is 5. The maximum Gasteiger partial charge on any atom is 0.323 e. The molecule has 0 radical (unpaired) electrons. The van der Waals surface area contributed by atoms with E-state index in [2.05, 4.69) is 12.2 Å². The van der Waals surface area contributed by atoms with Crippen LogP contribution in [0.5, 0.6) is 0 Å². The van der Waals surface area contributed by atoms with Crippen molar-refractivity contribution in [2.75, 3.05) is 13.2 Å². The third-order valence-electron chi connectivity index (χ3n) is 3.24. The van der Waals surface area contributed by atoms with Gasteiger partial charge in [-0.2, -0.15) is 0 Å². The summed E-state index contributed by atoms with van der Waals surface area (Å²) in [6, 6.07) is -0.124. The molecule has 0 aliphatic heterocycles. The van der Waals surface area contributed by atoms with Gasteiger partial charge in [-0.05, 0) is 19.3 Å². The Hall–Kier alpha value is -0.610. The SMILES string of the molecule is CCCCCCCCOCC(NC1CC1)C(=O)O. The van der Waals surface area contributed by atoms with Gasteiger partial charge in [0.25, 0.3) is 0 Å². The summed E-state index contributed by atoms with van der Waals surface area (Å²) in [7, 11) is 0. The predicted molar refractivity (Wildman–Crippen MR) is 71.8 cm³/mol. The summed E-state index contributed by atoms with van der Waals surface area (Å²) in [4.78, 5) is 11.0. The lowest BCUT2D eigenvalue weighted by Crippen LogP contribution is -2.41. The lowest BCUT2D eigenvalue weighted by atomic mass is 10.1. The van der Waals surface area contributed by atoms with Crippen molar-refractivity contribution in [2.24, 2.45) is 0 Å². The minimum atomic E-state index is -0.801. The molecule has 1 atom stereocenters. The molecule has 1 fully saturated rings. The average Bonchev–Trinajstić information content (AvgIpc) is 3.14. The summed E-state index contributed by atoms with van der Waals surface area (Å²) in [6.07, 6.45) is 9.57. The van der Waals surface area contributed by atoms with Crippen molar-refractivity contribution in [3.05, 3.63) is 0 Å². The Labute approximate surface area is 110 Å². The van der Waals surface area contributed by atoms with Gasteiger partial charge in [0, 0.05) is 12.6 Å². The molecule has 0 bridgehead atoms. The van der Waals surface area contributed by atoms with Gasteiger partial charge in [0.15, 0.2) is 0 Å². The molecule has 4 nitrogen and oxygen atoms in total. The second-order valence-electron chi connectivity index (χ2n) is 5.17. The first-order valence-corrected chi connectivity index (χ1v) is 7.30. The number of carboxylic acids is 1. The van der Waals surface area contributed by atoms with Crippen molar-refractivity contribution in [3.8, 4) is 0 Å². The molecule has 0 aromatic heterocycles. The van der Waals surface area contributed by atoms with Crippen LogP contribution in [0.2, 0.25) is 0 Å². The van der Waals surface area contributed by atoms with E-state index in [0.29, 0.717) is 19.3 Å². The lowest BCUT2D eigenvalue weighted by Gasteiger charge is -2.14. The largest absolute Gasteiger partial charge is 0.480 e. The topological polar surface area (TPSA) is 58.6 Å². The second kappa shape index (κ2) is 9.34. The number of hydrogen-bond acceptors (Lipinski definition) is 3. The normalized spacial score (nSPS) is 16.7. The van der Waals surface area contributed by atoms with Crippen molar-refractivity contribution in [1.29, 1.82) is 0 Å². The number of carbonyl (C=O) groups is 1. The van der Waals surface area contributed by atoms with E-state index in [1.807, 2.05) is 0 Å². The number of nitrogens with one attached hydrogen (secondary N) is 1. The number of ether oxygens (including phenoxy) is 1. The van der Waals surface area contributed by atoms with Gasteiger partial charge in [-0.15, -0.1) is 0 Å². The Morgan fingerprint density at radius 3 is 2.56 bits per heavy atom. The fourth-order valence-corrected chi connectivity index (χ4v) is 1.91. The molecule has 0 heterocycles. The minimum absolute atomic E-state index is 0.292. The monoisotopic (exact) mass is 257 g/mol. The van der Waals surface area contributed by atoms with Gasteiger partial charge in [-0.3, -0.25) is 10.1 Å². The summed E-state index contributed by atoms with van der Waals surface area (Å²) in [5, 5.41) is 12.1. The van der Waals surface area contributed by atoms with Gasteiger partial charge >= 0.3 is 5.97 Å². The van der Waals surface area contributed by atoms with Crippen LogP contribution in [0.15, 0.2) is 0 Å². The van der Waals surface area contributed by atoms with Gasteiger partial charge in [0.1, 0.15) is 6.04 Å². The van der Waals surface area contributed by atoms with E-state index in [4.69, 9.17) is 9.84 Å². The van der Waals surface area contributed by atoms with E-state index in [-0.39, 0.29) is 0 Å². The molecule has 0 aromatic carbocycles. The van der Waals surface area contributed by atoms with Gasteiger partial charge in [-0.1, -0.05) is 39.0 Å². The highest BCUT2D eigenvalue weighted by Gasteiger charge is 2.28. The highest BCUT2D eigenvalue weighted by Crippen LogP contribution is 2.19. The number of carboxylic acid groups (broad SMARTS) is 1. The molecule has 0 amide bonds. The number of aliphatic carboxylic acids is 1. The molecular weight excluding hydrogens is 230 g/mol. The fraction of sp³-hybridized carbons (Fsp3) is 0.929. The number of rotatable bonds is 12. The zero-order valence-corrected chi connectivity index (χ0v) is 11.5. The van der Waals surface area contributed by atoms with Gasteiger partial charge in [0.2, 0.25) is 0 Å². The van der Waals surface area contributed by atoms with Crippen LogP contribution in [0.1, 0.15) is 58.3 Å². The van der Waals surface area contributed by atoms with E-state index in [0.717, 1.165) is 19.3 Å². The first-order valence-electron chi connectivity index (χ1n) is 7.30. The van der Waals surface area contributed by atoms with Crippen molar-refractivity contribution >= 4 is 5.97 Å². The van der Waals surface area contributed by atoms with Crippen molar-refractivity contribution in [1.82, 2.24) is 5.32 Å². The van der Waals surface area contributed by atoms with Crippen LogP contribution in [0.3, 0.4) is 0 Å². The smallest absolute Gasteiger partial charge is 0.323 e. The van der Waals surface area contributed by atoms with Crippen molar-refractivity contribution < 1.29 is 14.6 Å². The highest BCUT2D eigenvalue weighted by atomic mass is 16.5. The Morgan fingerprint density at radius 2 is 1.94 bits per heavy atom. The van der Waals surface area contributed by atoms with Crippen molar-refractivity contribution in [3.63, 3.8) is 0 Å². The van der Waals surface area contributed by atoms with E-state index < -0.39 is 12.0 Å². The highest BCUT2D eigenvalue weighted by molar-refractivity contribution is 5.73. The molecule has 18 heavy (non-hydrogen) atoms. The maximum absolute atomic E-state index is 11.0. The quantitative estimate of drug-likeness (QED) is 0.528. The Balaban J connectivity index is 1.92. The summed E-state index contributed by atoms with van der Waals surface area (Å²) in [5.41, 5.74) is 0. The molecule has 1 rings (SSSR count).